The summed E-state index contributed by atoms with van der Waals surface area (Å²) in [6, 6.07) is 5.89. The molecule has 2 aliphatic carbocycles. The van der Waals surface area contributed by atoms with Gasteiger partial charge in [0.05, 0.1) is 10.6 Å². The summed E-state index contributed by atoms with van der Waals surface area (Å²) in [7, 11) is 2.10. The summed E-state index contributed by atoms with van der Waals surface area (Å²) in [6.07, 6.45) is 13.1. The predicted molar refractivity (Wildman–Crippen MR) is 125 cm³/mol. The zero-order chi connectivity index (χ0) is 20.0. The first-order valence-electron chi connectivity index (χ1n) is 10.9. The molecule has 0 saturated heterocycles. The highest BCUT2D eigenvalue weighted by molar-refractivity contribution is 6.33. The minimum Gasteiger partial charge on any atom is -0.351 e. The van der Waals surface area contributed by atoms with E-state index in [1.165, 1.54) is 50.5 Å². The Morgan fingerprint density at radius 1 is 1.34 bits per heavy atom. The van der Waals surface area contributed by atoms with Gasteiger partial charge in [-0.25, -0.2) is 0 Å². The number of amides is 1. The fraction of sp³-hybridized carbons (Fsp3) is 0.640. The number of fused-ring (bicyclic) bond motifs is 2. The number of nitrogens with one attached hydrogen (secondary N) is 1. The van der Waals surface area contributed by atoms with Crippen LogP contribution >= 0.6 is 11.6 Å². The first-order chi connectivity index (χ1) is 13.5. The Labute approximate surface area is 182 Å². The van der Waals surface area contributed by atoms with Gasteiger partial charge in [-0.3, -0.25) is 4.79 Å². The standard InChI is InChI=1S/C24H35ClN2O.CH4/c1-3-14-27(2)15-6-9-19-10-11-22(25)21(16-19)23(28)26-18-24-12-4-7-20(17-24)8-5-13-24;/h3,10-11,16,20H,1,4-9,12-15,17-18H2,2H3,(H,26,28);1H4. The lowest BCUT2D eigenvalue weighted by Gasteiger charge is -2.45. The smallest absolute Gasteiger partial charge is 0.252 e. The van der Waals surface area contributed by atoms with Gasteiger partial charge in [-0.1, -0.05) is 56.9 Å². The highest BCUT2D eigenvalue weighted by Gasteiger charge is 2.39. The number of hydrogen-bond donors (Lipinski definition) is 1. The van der Waals surface area contributed by atoms with Crippen LogP contribution in [0, 0.1) is 11.3 Å². The lowest BCUT2D eigenvalue weighted by molar-refractivity contribution is 0.0681. The maximum Gasteiger partial charge on any atom is 0.252 e. The van der Waals surface area contributed by atoms with Gasteiger partial charge in [-0.2, -0.15) is 0 Å². The minimum atomic E-state index is -0.0160. The topological polar surface area (TPSA) is 32.3 Å². The molecule has 3 rings (SSSR count). The summed E-state index contributed by atoms with van der Waals surface area (Å²) in [5.41, 5.74) is 2.13. The fourth-order valence-electron chi connectivity index (χ4n) is 5.20. The third kappa shape index (κ3) is 6.58. The molecule has 29 heavy (non-hydrogen) atoms. The molecule has 1 aromatic rings. The number of carbonyl (C=O) groups is 1. The zero-order valence-corrected chi connectivity index (χ0v) is 18.1. The van der Waals surface area contributed by atoms with E-state index in [-0.39, 0.29) is 13.3 Å². The molecule has 0 heterocycles. The first-order valence-corrected chi connectivity index (χ1v) is 11.3. The predicted octanol–water partition coefficient (Wildman–Crippen LogP) is 6.12. The molecule has 0 unspecified atom stereocenters. The minimum absolute atomic E-state index is 0. The van der Waals surface area contributed by atoms with Crippen molar-refractivity contribution >= 4 is 17.5 Å². The summed E-state index contributed by atoms with van der Waals surface area (Å²) in [5.74, 6) is 0.864. The Morgan fingerprint density at radius 3 is 2.76 bits per heavy atom. The Balaban J connectivity index is 0.00000300. The van der Waals surface area contributed by atoms with Crippen LogP contribution in [0.25, 0.3) is 0 Å². The van der Waals surface area contributed by atoms with Gasteiger partial charge in [-0.15, -0.1) is 6.58 Å². The van der Waals surface area contributed by atoms with E-state index in [2.05, 4.69) is 23.8 Å². The molecule has 3 nitrogen and oxygen atoms in total. The van der Waals surface area contributed by atoms with E-state index in [1.54, 1.807) is 0 Å². The monoisotopic (exact) mass is 418 g/mol. The van der Waals surface area contributed by atoms with E-state index in [1.807, 2.05) is 24.3 Å². The lowest BCUT2D eigenvalue weighted by atomic mass is 9.62. The lowest BCUT2D eigenvalue weighted by Crippen LogP contribution is -2.43. The number of nitrogens with zero attached hydrogens (tertiary/aromatic N) is 1. The van der Waals surface area contributed by atoms with Crippen LogP contribution in [0.2, 0.25) is 5.02 Å². The van der Waals surface area contributed by atoms with Gasteiger partial charge in [-0.05, 0) is 74.7 Å². The van der Waals surface area contributed by atoms with Crippen LogP contribution in [0.15, 0.2) is 30.9 Å². The van der Waals surface area contributed by atoms with Crippen molar-refractivity contribution < 1.29 is 4.79 Å². The van der Waals surface area contributed by atoms with Gasteiger partial charge in [0.25, 0.3) is 5.91 Å². The van der Waals surface area contributed by atoms with E-state index in [9.17, 15) is 4.79 Å². The van der Waals surface area contributed by atoms with E-state index in [0.717, 1.165) is 38.4 Å². The molecule has 1 aromatic carbocycles. The SMILES string of the molecule is C.C=CCN(C)CCCc1ccc(Cl)c(C(=O)NCC23CCCC(CCC2)C3)c1. The Bertz CT molecular complexity index is 677. The van der Waals surface area contributed by atoms with Gasteiger partial charge in [0.2, 0.25) is 0 Å². The molecular formula is C25H39ClN2O. The van der Waals surface area contributed by atoms with E-state index in [4.69, 9.17) is 11.6 Å². The second-order valence-electron chi connectivity index (χ2n) is 9.01. The summed E-state index contributed by atoms with van der Waals surface area (Å²) >= 11 is 6.36. The van der Waals surface area contributed by atoms with Gasteiger partial charge in [0, 0.05) is 13.1 Å². The first kappa shape index (κ1) is 24.0. The Morgan fingerprint density at radius 2 is 2.07 bits per heavy atom. The van der Waals surface area contributed by atoms with Crippen LogP contribution in [-0.2, 0) is 6.42 Å². The molecule has 0 aliphatic heterocycles. The fourth-order valence-corrected chi connectivity index (χ4v) is 5.40. The highest BCUT2D eigenvalue weighted by atomic mass is 35.5. The molecule has 0 atom stereocenters. The third-order valence-corrected chi connectivity index (χ3v) is 7.04. The number of rotatable bonds is 9. The van der Waals surface area contributed by atoms with Gasteiger partial charge in [0.1, 0.15) is 0 Å². The van der Waals surface area contributed by atoms with Gasteiger partial charge >= 0.3 is 0 Å². The molecule has 2 fully saturated rings. The summed E-state index contributed by atoms with van der Waals surface area (Å²) in [6.45, 7) is 6.49. The second kappa shape index (κ2) is 11.2. The second-order valence-corrected chi connectivity index (χ2v) is 9.41. The number of hydrogen-bond acceptors (Lipinski definition) is 2. The van der Waals surface area contributed by atoms with Crippen molar-refractivity contribution in [1.29, 1.82) is 0 Å². The largest absolute Gasteiger partial charge is 0.351 e. The quantitative estimate of drug-likeness (QED) is 0.490. The highest BCUT2D eigenvalue weighted by Crippen LogP contribution is 2.48. The van der Waals surface area contributed by atoms with Crippen molar-refractivity contribution in [1.82, 2.24) is 10.2 Å². The van der Waals surface area contributed by atoms with Crippen molar-refractivity contribution in [3.63, 3.8) is 0 Å². The summed E-state index contributed by atoms with van der Waals surface area (Å²) in [5, 5.41) is 3.78. The van der Waals surface area contributed by atoms with Crippen LogP contribution in [-0.4, -0.2) is 37.5 Å². The summed E-state index contributed by atoms with van der Waals surface area (Å²) < 4.78 is 0. The summed E-state index contributed by atoms with van der Waals surface area (Å²) in [4.78, 5) is 15.1. The molecule has 1 N–H and O–H groups in total. The molecule has 2 aliphatic rings. The van der Waals surface area contributed by atoms with Crippen molar-refractivity contribution in [3.05, 3.63) is 47.0 Å². The van der Waals surface area contributed by atoms with Gasteiger partial charge in [0.15, 0.2) is 0 Å². The average Bonchev–Trinajstić information content (AvgIpc) is 2.68. The van der Waals surface area contributed by atoms with Crippen LogP contribution < -0.4 is 5.32 Å². The molecule has 0 aromatic heterocycles. The maximum absolute atomic E-state index is 12.9. The zero-order valence-electron chi connectivity index (χ0n) is 17.3. The van der Waals surface area contributed by atoms with Crippen LogP contribution in [0.3, 0.4) is 0 Å². The number of aryl methyl sites for hydroxylation is 1. The Kier molecular flexibility index (Phi) is 9.23. The van der Waals surface area contributed by atoms with Crippen molar-refractivity contribution in [3.8, 4) is 0 Å². The molecule has 162 valence electrons. The molecule has 1 amide bonds. The number of carbonyl (C=O) groups excluding carboxylic acids is 1. The van der Waals surface area contributed by atoms with E-state index < -0.39 is 0 Å². The third-order valence-electron chi connectivity index (χ3n) is 6.71. The maximum atomic E-state index is 12.9. The van der Waals surface area contributed by atoms with Crippen LogP contribution in [0.5, 0.6) is 0 Å². The van der Waals surface area contributed by atoms with E-state index >= 15 is 0 Å². The number of likely N-dealkylation sites (N-methyl/N-ethyl adjacent to an activating group) is 1. The Hall–Kier alpha value is -1.32. The van der Waals surface area contributed by atoms with Crippen molar-refractivity contribution in [2.45, 2.75) is 65.2 Å². The van der Waals surface area contributed by atoms with Crippen molar-refractivity contribution in [2.75, 3.05) is 26.7 Å². The van der Waals surface area contributed by atoms with Crippen molar-refractivity contribution in [2.24, 2.45) is 11.3 Å². The molecular weight excluding hydrogens is 380 g/mol. The molecule has 0 spiro atoms. The van der Waals surface area contributed by atoms with Crippen LogP contribution in [0.4, 0.5) is 0 Å². The molecule has 2 bridgehead atoms. The normalized spacial score (nSPS) is 23.3. The van der Waals surface area contributed by atoms with Crippen LogP contribution in [0.1, 0.15) is 74.7 Å². The molecule has 0 radical (unpaired) electrons. The van der Waals surface area contributed by atoms with E-state index in [0.29, 0.717) is 16.0 Å². The average molecular weight is 419 g/mol. The molecule has 2 saturated carbocycles. The molecule has 4 heteroatoms. The van der Waals surface area contributed by atoms with Gasteiger partial charge < -0.3 is 10.2 Å². The number of benzene rings is 1. The number of halogens is 1.